The number of nitrogens with one attached hydrogen (secondary N) is 1. The minimum Gasteiger partial charge on any atom is -0.481 e. The Labute approximate surface area is 165 Å². The number of carbonyl (C=O) groups excluding carboxylic acids is 1. The highest BCUT2D eigenvalue weighted by atomic mass is 35.5. The lowest BCUT2D eigenvalue weighted by Crippen LogP contribution is -2.08. The van der Waals surface area contributed by atoms with Gasteiger partial charge in [0, 0.05) is 24.9 Å². The average molecular weight is 402 g/mol. The lowest BCUT2D eigenvalue weighted by atomic mass is 10.0. The van der Waals surface area contributed by atoms with Crippen molar-refractivity contribution in [3.8, 4) is 5.88 Å². The summed E-state index contributed by atoms with van der Waals surface area (Å²) < 4.78 is 6.50. The van der Waals surface area contributed by atoms with E-state index in [2.05, 4.69) is 15.4 Å². The molecular weight excluding hydrogens is 386 g/mol. The molecule has 1 N–H and O–H groups in total. The number of carbonyl (C=O) groups is 1. The van der Waals surface area contributed by atoms with Crippen molar-refractivity contribution in [2.75, 3.05) is 12.4 Å². The first-order valence-corrected chi connectivity index (χ1v) is 8.49. The number of halogens is 1. The van der Waals surface area contributed by atoms with Crippen LogP contribution in [-0.4, -0.2) is 32.6 Å². The Morgan fingerprint density at radius 2 is 2.04 bits per heavy atom. The SMILES string of the molecule is COc1cc(Nc2nn(C)c(C)c2[N+](=O)[O-])c(C(=O)c2ccccc2Cl)cn1. The summed E-state index contributed by atoms with van der Waals surface area (Å²) in [4.78, 5) is 28.0. The number of hydrogen-bond acceptors (Lipinski definition) is 7. The molecule has 0 amide bonds. The summed E-state index contributed by atoms with van der Waals surface area (Å²) in [6.07, 6.45) is 1.33. The molecule has 0 spiro atoms. The topological polar surface area (TPSA) is 112 Å². The maximum Gasteiger partial charge on any atom is 0.333 e. The summed E-state index contributed by atoms with van der Waals surface area (Å²) in [5.41, 5.74) is 0.900. The maximum absolute atomic E-state index is 13.0. The summed E-state index contributed by atoms with van der Waals surface area (Å²) in [5.74, 6) is -0.154. The van der Waals surface area contributed by atoms with Crippen LogP contribution in [0.1, 0.15) is 21.6 Å². The Hall–Kier alpha value is -3.46. The van der Waals surface area contributed by atoms with Gasteiger partial charge < -0.3 is 10.1 Å². The molecule has 144 valence electrons. The highest BCUT2D eigenvalue weighted by Gasteiger charge is 2.26. The fourth-order valence-corrected chi connectivity index (χ4v) is 2.87. The minimum absolute atomic E-state index is 0.00598. The Balaban J connectivity index is 2.11. The van der Waals surface area contributed by atoms with Crippen molar-refractivity contribution in [2.45, 2.75) is 6.92 Å². The maximum atomic E-state index is 13.0. The molecule has 0 aliphatic carbocycles. The fraction of sp³-hybridized carbons (Fsp3) is 0.167. The second kappa shape index (κ2) is 7.65. The van der Waals surface area contributed by atoms with Gasteiger partial charge in [-0.15, -0.1) is 5.10 Å². The summed E-state index contributed by atoms with van der Waals surface area (Å²) in [5, 5.41) is 18.7. The van der Waals surface area contributed by atoms with Crippen LogP contribution >= 0.6 is 11.6 Å². The van der Waals surface area contributed by atoms with Gasteiger partial charge in [-0.25, -0.2) is 4.98 Å². The van der Waals surface area contributed by atoms with Gasteiger partial charge in [0.1, 0.15) is 5.69 Å². The Kier molecular flexibility index (Phi) is 5.27. The smallest absolute Gasteiger partial charge is 0.333 e. The van der Waals surface area contributed by atoms with Gasteiger partial charge in [0.15, 0.2) is 5.78 Å². The number of benzene rings is 1. The van der Waals surface area contributed by atoms with Gasteiger partial charge in [0.25, 0.3) is 0 Å². The Morgan fingerprint density at radius 3 is 2.68 bits per heavy atom. The van der Waals surface area contributed by atoms with Gasteiger partial charge in [-0.3, -0.25) is 19.6 Å². The van der Waals surface area contributed by atoms with Crippen LogP contribution in [0.25, 0.3) is 0 Å². The third kappa shape index (κ3) is 3.52. The van der Waals surface area contributed by atoms with E-state index >= 15 is 0 Å². The van der Waals surface area contributed by atoms with Crippen molar-refractivity contribution in [1.29, 1.82) is 0 Å². The minimum atomic E-state index is -0.529. The predicted octanol–water partition coefficient (Wildman–Crippen LogP) is 3.67. The molecule has 9 nitrogen and oxygen atoms in total. The van der Waals surface area contributed by atoms with Crippen molar-refractivity contribution in [3.63, 3.8) is 0 Å². The fourth-order valence-electron chi connectivity index (χ4n) is 2.65. The van der Waals surface area contributed by atoms with Gasteiger partial charge in [0.05, 0.1) is 28.3 Å². The molecule has 0 radical (unpaired) electrons. The monoisotopic (exact) mass is 401 g/mol. The van der Waals surface area contributed by atoms with E-state index in [1.807, 2.05) is 0 Å². The molecule has 28 heavy (non-hydrogen) atoms. The van der Waals surface area contributed by atoms with Gasteiger partial charge >= 0.3 is 5.69 Å². The third-order valence-electron chi connectivity index (χ3n) is 4.19. The molecule has 0 saturated carbocycles. The van der Waals surface area contributed by atoms with Crippen LogP contribution in [0.2, 0.25) is 5.02 Å². The summed E-state index contributed by atoms with van der Waals surface area (Å²) in [6, 6.07) is 8.07. The molecular formula is C18H16ClN5O4. The van der Waals surface area contributed by atoms with Crippen LogP contribution in [-0.2, 0) is 7.05 Å². The lowest BCUT2D eigenvalue weighted by Gasteiger charge is -2.11. The van der Waals surface area contributed by atoms with Gasteiger partial charge in [0.2, 0.25) is 11.7 Å². The molecule has 0 saturated heterocycles. The zero-order chi connectivity index (χ0) is 20.4. The number of methoxy groups -OCH3 is 1. The second-order valence-electron chi connectivity index (χ2n) is 5.87. The Bertz CT molecular complexity index is 1080. The van der Waals surface area contributed by atoms with Crippen LogP contribution in [0, 0.1) is 17.0 Å². The molecule has 2 aromatic heterocycles. The van der Waals surface area contributed by atoms with Crippen molar-refractivity contribution in [1.82, 2.24) is 14.8 Å². The van der Waals surface area contributed by atoms with Crippen LogP contribution in [0.15, 0.2) is 36.5 Å². The molecule has 3 rings (SSSR count). The quantitative estimate of drug-likeness (QED) is 0.381. The van der Waals surface area contributed by atoms with Gasteiger partial charge in [-0.1, -0.05) is 23.7 Å². The summed E-state index contributed by atoms with van der Waals surface area (Å²) in [6.45, 7) is 1.58. The lowest BCUT2D eigenvalue weighted by molar-refractivity contribution is -0.384. The molecule has 0 aliphatic heterocycles. The first-order chi connectivity index (χ1) is 13.3. The van der Waals surface area contributed by atoms with Crippen LogP contribution in [0.5, 0.6) is 5.88 Å². The van der Waals surface area contributed by atoms with Gasteiger partial charge in [-0.05, 0) is 19.1 Å². The molecule has 1 aromatic carbocycles. The molecule has 0 unspecified atom stereocenters. The number of nitrogens with zero attached hydrogens (tertiary/aromatic N) is 4. The zero-order valence-corrected chi connectivity index (χ0v) is 16.0. The van der Waals surface area contributed by atoms with Crippen LogP contribution < -0.4 is 10.1 Å². The molecule has 0 fully saturated rings. The molecule has 2 heterocycles. The third-order valence-corrected chi connectivity index (χ3v) is 4.52. The van der Waals surface area contributed by atoms with E-state index in [-0.39, 0.29) is 39.2 Å². The molecule has 10 heteroatoms. The standard InChI is InChI=1S/C18H16ClN5O4/c1-10-16(24(26)27)18(22-23(10)2)21-14-8-15(28-3)20-9-12(14)17(25)11-6-4-5-7-13(11)19/h4-9H,1-3H3,(H,20,21,22). The molecule has 3 aromatic rings. The zero-order valence-electron chi connectivity index (χ0n) is 15.3. The van der Waals surface area contributed by atoms with E-state index in [0.717, 1.165) is 0 Å². The number of pyridine rings is 1. The van der Waals surface area contributed by atoms with E-state index in [9.17, 15) is 14.9 Å². The number of ether oxygens (including phenoxy) is 1. The number of aryl methyl sites for hydroxylation is 1. The van der Waals surface area contributed by atoms with Crippen LogP contribution in [0.3, 0.4) is 0 Å². The van der Waals surface area contributed by atoms with Crippen molar-refractivity contribution >= 4 is 34.6 Å². The predicted molar refractivity (Wildman–Crippen MR) is 104 cm³/mol. The Morgan fingerprint density at radius 1 is 1.32 bits per heavy atom. The largest absolute Gasteiger partial charge is 0.481 e. The first-order valence-electron chi connectivity index (χ1n) is 8.11. The number of anilines is 2. The van der Waals surface area contributed by atoms with E-state index in [1.54, 1.807) is 38.2 Å². The van der Waals surface area contributed by atoms with E-state index in [4.69, 9.17) is 16.3 Å². The molecule has 0 bridgehead atoms. The number of hydrogen-bond donors (Lipinski definition) is 1. The van der Waals surface area contributed by atoms with Crippen LogP contribution in [0.4, 0.5) is 17.2 Å². The van der Waals surface area contributed by atoms with E-state index in [1.165, 1.54) is 24.1 Å². The number of nitro groups is 1. The second-order valence-corrected chi connectivity index (χ2v) is 6.28. The normalized spacial score (nSPS) is 10.6. The number of ketones is 1. The van der Waals surface area contributed by atoms with E-state index in [0.29, 0.717) is 5.69 Å². The molecule has 0 aliphatic rings. The number of rotatable bonds is 6. The van der Waals surface area contributed by atoms with Crippen molar-refractivity contribution in [3.05, 3.63) is 68.5 Å². The van der Waals surface area contributed by atoms with Crippen molar-refractivity contribution in [2.24, 2.45) is 7.05 Å². The van der Waals surface area contributed by atoms with Gasteiger partial charge in [-0.2, -0.15) is 0 Å². The molecule has 0 atom stereocenters. The van der Waals surface area contributed by atoms with E-state index < -0.39 is 10.7 Å². The highest BCUT2D eigenvalue weighted by Crippen LogP contribution is 2.33. The van der Waals surface area contributed by atoms with Crippen molar-refractivity contribution < 1.29 is 14.5 Å². The highest BCUT2D eigenvalue weighted by molar-refractivity contribution is 6.35. The summed E-state index contributed by atoms with van der Waals surface area (Å²) in [7, 11) is 3.02. The summed E-state index contributed by atoms with van der Waals surface area (Å²) >= 11 is 6.14. The first kappa shape index (κ1) is 19.3. The average Bonchev–Trinajstić information content (AvgIpc) is 2.95. The number of aromatic nitrogens is 3.